The van der Waals surface area contributed by atoms with E-state index in [1.54, 1.807) is 33.9 Å². The van der Waals surface area contributed by atoms with Gasteiger partial charge < -0.3 is 30.0 Å². The lowest BCUT2D eigenvalue weighted by atomic mass is 10.00. The number of rotatable bonds is 11. The monoisotopic (exact) mass is 486 g/mol. The van der Waals surface area contributed by atoms with Crippen molar-refractivity contribution in [3.63, 3.8) is 0 Å². The molecule has 2 atom stereocenters. The molecule has 0 bridgehead atoms. The van der Waals surface area contributed by atoms with Gasteiger partial charge in [0.2, 0.25) is 0 Å². The summed E-state index contributed by atoms with van der Waals surface area (Å²) in [5.41, 5.74) is 1.62. The summed E-state index contributed by atoms with van der Waals surface area (Å²) in [4.78, 5) is 25.2. The van der Waals surface area contributed by atoms with Crippen LogP contribution in [0.1, 0.15) is 45.7 Å². The predicted octanol–water partition coefficient (Wildman–Crippen LogP) is 4.30. The third kappa shape index (κ3) is 9.13. The molecule has 0 aliphatic rings. The Morgan fingerprint density at radius 3 is 2.29 bits per heavy atom. The topological polar surface area (TPSA) is 106 Å². The molecule has 2 aromatic carbocycles. The molecule has 2 rings (SSSR count). The van der Waals surface area contributed by atoms with Crippen molar-refractivity contribution >= 4 is 17.7 Å². The van der Waals surface area contributed by atoms with Crippen LogP contribution in [0.5, 0.6) is 5.75 Å². The van der Waals surface area contributed by atoms with Crippen LogP contribution in [0.15, 0.2) is 48.5 Å². The van der Waals surface area contributed by atoms with Crippen LogP contribution in [-0.4, -0.2) is 48.6 Å². The van der Waals surface area contributed by atoms with Gasteiger partial charge in [0.05, 0.1) is 19.8 Å². The van der Waals surface area contributed by atoms with Gasteiger partial charge in [0, 0.05) is 17.7 Å². The van der Waals surface area contributed by atoms with E-state index in [0.29, 0.717) is 17.0 Å². The van der Waals surface area contributed by atoms with Gasteiger partial charge in [-0.1, -0.05) is 50.2 Å². The second-order valence-corrected chi connectivity index (χ2v) is 9.68. The molecule has 0 saturated carbocycles. The average Bonchev–Trinajstić information content (AvgIpc) is 2.80. The molecule has 0 aliphatic heterocycles. The van der Waals surface area contributed by atoms with Crippen LogP contribution in [-0.2, 0) is 27.3 Å². The van der Waals surface area contributed by atoms with Crippen LogP contribution in [0.3, 0.4) is 0 Å². The number of benzene rings is 2. The Kier molecular flexibility index (Phi) is 10.4. The first-order valence-electron chi connectivity index (χ1n) is 11.8. The van der Waals surface area contributed by atoms with Gasteiger partial charge in [-0.2, -0.15) is 0 Å². The van der Waals surface area contributed by atoms with Gasteiger partial charge in [0.25, 0.3) is 0 Å². The van der Waals surface area contributed by atoms with Gasteiger partial charge in [0.15, 0.2) is 0 Å². The molecule has 2 aromatic rings. The number of aliphatic hydroxyl groups is 1. The third-order valence-corrected chi connectivity index (χ3v) is 5.20. The largest absolute Gasteiger partial charge is 0.496 e. The summed E-state index contributed by atoms with van der Waals surface area (Å²) in [5.74, 6) is 0.133. The summed E-state index contributed by atoms with van der Waals surface area (Å²) < 4.78 is 16.4. The zero-order valence-corrected chi connectivity index (χ0v) is 21.5. The molecule has 1 amide bonds. The van der Waals surface area contributed by atoms with Gasteiger partial charge in [0.1, 0.15) is 24.0 Å². The van der Waals surface area contributed by atoms with E-state index in [9.17, 15) is 14.7 Å². The van der Waals surface area contributed by atoms with Crippen molar-refractivity contribution in [2.75, 3.05) is 19.0 Å². The molecule has 8 heteroatoms. The van der Waals surface area contributed by atoms with E-state index in [1.165, 1.54) is 0 Å². The summed E-state index contributed by atoms with van der Waals surface area (Å²) in [6.07, 6.45) is -0.364. The lowest BCUT2D eigenvalue weighted by molar-refractivity contribution is -0.146. The number of nitrogens with one attached hydrogen (secondary N) is 2. The predicted molar refractivity (Wildman–Crippen MR) is 135 cm³/mol. The first kappa shape index (κ1) is 28.0. The molecule has 35 heavy (non-hydrogen) atoms. The summed E-state index contributed by atoms with van der Waals surface area (Å²) in [5, 5.41) is 15.9. The van der Waals surface area contributed by atoms with Crippen molar-refractivity contribution in [2.24, 2.45) is 5.92 Å². The SMILES string of the molecule is COc1cccc(N[C@H](C(=O)OCc2ccccc2)C(C)C)c1C[C@@H](CO)NC(=O)OC(C)(C)C. The van der Waals surface area contributed by atoms with Crippen LogP contribution < -0.4 is 15.4 Å². The van der Waals surface area contributed by atoms with Crippen LogP contribution >= 0.6 is 0 Å². The molecule has 0 heterocycles. The van der Waals surface area contributed by atoms with Crippen LogP contribution in [0, 0.1) is 5.92 Å². The zero-order valence-electron chi connectivity index (χ0n) is 21.5. The molecular formula is C27H38N2O6. The minimum atomic E-state index is -0.661. The number of methoxy groups -OCH3 is 1. The number of aliphatic hydroxyl groups excluding tert-OH is 1. The van der Waals surface area contributed by atoms with Crippen molar-refractivity contribution in [1.29, 1.82) is 0 Å². The Bertz CT molecular complexity index is 956. The summed E-state index contributed by atoms with van der Waals surface area (Å²) in [6, 6.07) is 13.7. The first-order chi connectivity index (χ1) is 16.5. The van der Waals surface area contributed by atoms with Gasteiger partial charge in [-0.3, -0.25) is 0 Å². The molecule has 0 aromatic heterocycles. The van der Waals surface area contributed by atoms with E-state index in [0.717, 1.165) is 5.56 Å². The Hall–Kier alpha value is -3.26. The quantitative estimate of drug-likeness (QED) is 0.407. The van der Waals surface area contributed by atoms with Crippen molar-refractivity contribution in [1.82, 2.24) is 5.32 Å². The zero-order chi connectivity index (χ0) is 26.0. The number of esters is 1. The van der Waals surface area contributed by atoms with Crippen molar-refractivity contribution in [3.8, 4) is 5.75 Å². The third-order valence-electron chi connectivity index (χ3n) is 5.20. The van der Waals surface area contributed by atoms with E-state index in [1.807, 2.05) is 56.3 Å². The van der Waals surface area contributed by atoms with Crippen molar-refractivity contribution in [2.45, 2.75) is 65.3 Å². The molecule has 0 radical (unpaired) electrons. The Balaban J connectivity index is 2.20. The molecule has 3 N–H and O–H groups in total. The maximum atomic E-state index is 13.0. The number of carbonyl (C=O) groups excluding carboxylic acids is 2. The highest BCUT2D eigenvalue weighted by Crippen LogP contribution is 2.29. The highest BCUT2D eigenvalue weighted by Gasteiger charge is 2.27. The molecule has 0 spiro atoms. The summed E-state index contributed by atoms with van der Waals surface area (Å²) in [6.45, 7) is 9.05. The van der Waals surface area contributed by atoms with Gasteiger partial charge in [-0.25, -0.2) is 9.59 Å². The number of hydrogen-bond acceptors (Lipinski definition) is 7. The lowest BCUT2D eigenvalue weighted by Gasteiger charge is -2.26. The second kappa shape index (κ2) is 13.0. The Morgan fingerprint density at radius 1 is 1.03 bits per heavy atom. The fraction of sp³-hybridized carbons (Fsp3) is 0.481. The number of carbonyl (C=O) groups is 2. The number of amides is 1. The number of hydrogen-bond donors (Lipinski definition) is 3. The Morgan fingerprint density at radius 2 is 1.71 bits per heavy atom. The molecule has 0 aliphatic carbocycles. The Labute approximate surface area is 208 Å². The molecule has 0 saturated heterocycles. The van der Waals surface area contributed by atoms with Crippen molar-refractivity contribution in [3.05, 3.63) is 59.7 Å². The van der Waals surface area contributed by atoms with Crippen LogP contribution in [0.2, 0.25) is 0 Å². The van der Waals surface area contributed by atoms with Gasteiger partial charge >= 0.3 is 12.1 Å². The maximum Gasteiger partial charge on any atom is 0.407 e. The van der Waals surface area contributed by atoms with Crippen molar-refractivity contribution < 1.29 is 28.9 Å². The van der Waals surface area contributed by atoms with Crippen LogP contribution in [0.25, 0.3) is 0 Å². The maximum absolute atomic E-state index is 13.0. The smallest absolute Gasteiger partial charge is 0.407 e. The molecule has 192 valence electrons. The highest BCUT2D eigenvalue weighted by molar-refractivity contribution is 5.80. The van der Waals surface area contributed by atoms with Crippen LogP contribution in [0.4, 0.5) is 10.5 Å². The van der Waals surface area contributed by atoms with E-state index in [-0.39, 0.29) is 31.5 Å². The standard InChI is InChI=1S/C27H38N2O6/c1-18(2)24(25(31)34-17-19-11-8-7-9-12-19)29-22-13-10-14-23(33-6)21(22)15-20(16-30)28-26(32)35-27(3,4)5/h7-14,18,20,24,29-30H,15-17H2,1-6H3,(H,28,32)/t20-,24-/m0/s1. The fourth-order valence-corrected chi connectivity index (χ4v) is 3.47. The molecular weight excluding hydrogens is 448 g/mol. The van der Waals surface area contributed by atoms with E-state index in [4.69, 9.17) is 14.2 Å². The minimum absolute atomic E-state index is 0.0640. The molecule has 0 unspecified atom stereocenters. The minimum Gasteiger partial charge on any atom is -0.496 e. The average molecular weight is 487 g/mol. The normalized spacial score (nSPS) is 13.0. The highest BCUT2D eigenvalue weighted by atomic mass is 16.6. The van der Waals surface area contributed by atoms with Gasteiger partial charge in [-0.05, 0) is 44.4 Å². The second-order valence-electron chi connectivity index (χ2n) is 9.68. The molecule has 8 nitrogen and oxygen atoms in total. The summed E-state index contributed by atoms with van der Waals surface area (Å²) in [7, 11) is 1.55. The number of ether oxygens (including phenoxy) is 3. The first-order valence-corrected chi connectivity index (χ1v) is 11.8. The lowest BCUT2D eigenvalue weighted by Crippen LogP contribution is -2.42. The number of anilines is 1. The van der Waals surface area contributed by atoms with E-state index >= 15 is 0 Å². The van der Waals surface area contributed by atoms with E-state index in [2.05, 4.69) is 10.6 Å². The summed E-state index contributed by atoms with van der Waals surface area (Å²) >= 11 is 0. The fourth-order valence-electron chi connectivity index (χ4n) is 3.47. The number of alkyl carbamates (subject to hydrolysis) is 1. The molecule has 0 fully saturated rings. The van der Waals surface area contributed by atoms with Gasteiger partial charge in [-0.15, -0.1) is 0 Å². The van der Waals surface area contributed by atoms with E-state index < -0.39 is 23.8 Å².